The lowest BCUT2D eigenvalue weighted by atomic mass is 9.70. The monoisotopic (exact) mass is 164 g/mol. The van der Waals surface area contributed by atoms with Crippen LogP contribution in [0.25, 0.3) is 0 Å². The molecule has 0 saturated heterocycles. The first-order valence-corrected chi connectivity index (χ1v) is 4.17. The molecular weight excluding hydrogens is 152 g/mol. The molecule has 0 aromatic rings. The van der Waals surface area contributed by atoms with Crippen LogP contribution in [0.2, 0.25) is 0 Å². The van der Waals surface area contributed by atoms with E-state index in [1.807, 2.05) is 12.2 Å². The number of carbonyl (C=O) groups is 1. The van der Waals surface area contributed by atoms with E-state index in [9.17, 15) is 9.90 Å². The molecule has 0 aromatic heterocycles. The Hall–Kier alpha value is -0.890. The van der Waals surface area contributed by atoms with Crippen molar-refractivity contribution in [2.45, 2.75) is 19.4 Å². The van der Waals surface area contributed by atoms with Crippen LogP contribution in [0, 0.1) is 11.8 Å². The number of allylic oxidation sites excluding steroid dienone is 3. The van der Waals surface area contributed by atoms with Gasteiger partial charge in [0.05, 0.1) is 11.5 Å². The Kier molecular flexibility index (Phi) is 1.34. The molecule has 0 amide bonds. The van der Waals surface area contributed by atoms with Gasteiger partial charge in [-0.1, -0.05) is 12.2 Å². The van der Waals surface area contributed by atoms with Gasteiger partial charge in [0, 0.05) is 5.92 Å². The lowest BCUT2D eigenvalue weighted by Gasteiger charge is -2.36. The summed E-state index contributed by atoms with van der Waals surface area (Å²) in [6, 6.07) is 0. The van der Waals surface area contributed by atoms with Gasteiger partial charge in [-0.25, -0.2) is 0 Å². The summed E-state index contributed by atoms with van der Waals surface area (Å²) in [5.74, 6) is 0.351. The summed E-state index contributed by atoms with van der Waals surface area (Å²) in [7, 11) is 0. The normalized spacial score (nSPS) is 32.9. The highest BCUT2D eigenvalue weighted by molar-refractivity contribution is 5.98. The van der Waals surface area contributed by atoms with E-state index in [1.165, 1.54) is 0 Å². The second-order valence-electron chi connectivity index (χ2n) is 4.00. The number of hydrogen-bond acceptors (Lipinski definition) is 2. The number of fused-ring (bicyclic) bond motifs is 1. The maximum absolute atomic E-state index is 11.3. The second kappa shape index (κ2) is 2.07. The first-order valence-electron chi connectivity index (χ1n) is 4.17. The van der Waals surface area contributed by atoms with Crippen LogP contribution >= 0.6 is 0 Å². The highest BCUT2D eigenvalue weighted by Crippen LogP contribution is 2.44. The van der Waals surface area contributed by atoms with Gasteiger partial charge in [0.2, 0.25) is 0 Å². The average Bonchev–Trinajstić information content (AvgIpc) is 2.02. The molecule has 0 heterocycles. The van der Waals surface area contributed by atoms with Gasteiger partial charge in [0.25, 0.3) is 0 Å². The van der Waals surface area contributed by atoms with Crippen LogP contribution in [0.15, 0.2) is 23.8 Å². The minimum Gasteiger partial charge on any atom is -0.386 e. The fraction of sp³-hybridized carbons (Fsp3) is 0.500. The summed E-state index contributed by atoms with van der Waals surface area (Å²) in [6.45, 7) is 3.45. The van der Waals surface area contributed by atoms with Gasteiger partial charge in [-0.15, -0.1) is 0 Å². The lowest BCUT2D eigenvalue weighted by molar-refractivity contribution is -0.118. The molecule has 2 rings (SSSR count). The second-order valence-corrected chi connectivity index (χ2v) is 4.00. The summed E-state index contributed by atoms with van der Waals surface area (Å²) in [4.78, 5) is 11.3. The van der Waals surface area contributed by atoms with Gasteiger partial charge >= 0.3 is 0 Å². The van der Waals surface area contributed by atoms with Crippen molar-refractivity contribution in [1.82, 2.24) is 0 Å². The lowest BCUT2D eigenvalue weighted by Crippen LogP contribution is -2.38. The Labute approximate surface area is 71.6 Å². The van der Waals surface area contributed by atoms with E-state index in [4.69, 9.17) is 0 Å². The van der Waals surface area contributed by atoms with Crippen molar-refractivity contribution in [1.29, 1.82) is 0 Å². The van der Waals surface area contributed by atoms with Crippen molar-refractivity contribution in [3.05, 3.63) is 23.8 Å². The predicted octanol–water partition coefficient (Wildman–Crippen LogP) is 1.07. The van der Waals surface area contributed by atoms with Crippen LogP contribution in [-0.4, -0.2) is 16.5 Å². The van der Waals surface area contributed by atoms with E-state index in [1.54, 1.807) is 19.9 Å². The van der Waals surface area contributed by atoms with Gasteiger partial charge in [0.15, 0.2) is 5.78 Å². The Bertz CT molecular complexity index is 291. The number of ketones is 1. The summed E-state index contributed by atoms with van der Waals surface area (Å²) in [5, 5.41) is 9.65. The fourth-order valence-corrected chi connectivity index (χ4v) is 1.90. The van der Waals surface area contributed by atoms with Crippen LogP contribution < -0.4 is 0 Å². The van der Waals surface area contributed by atoms with Crippen LogP contribution in [0.1, 0.15) is 13.8 Å². The Morgan fingerprint density at radius 3 is 2.67 bits per heavy atom. The number of rotatable bonds is 1. The van der Waals surface area contributed by atoms with Crippen molar-refractivity contribution in [3.63, 3.8) is 0 Å². The molecule has 0 aromatic carbocycles. The molecular formula is C10H12O2. The first-order chi connectivity index (χ1) is 5.50. The quantitative estimate of drug-likeness (QED) is 0.588. The van der Waals surface area contributed by atoms with E-state index >= 15 is 0 Å². The van der Waals surface area contributed by atoms with E-state index in [0.717, 1.165) is 5.57 Å². The smallest absolute Gasteiger partial charge is 0.163 e. The zero-order chi connectivity index (χ0) is 8.93. The minimum atomic E-state index is -0.831. The minimum absolute atomic E-state index is 0.0509. The van der Waals surface area contributed by atoms with Crippen molar-refractivity contribution in [2.75, 3.05) is 0 Å². The van der Waals surface area contributed by atoms with Gasteiger partial charge in [-0.2, -0.15) is 0 Å². The molecule has 2 aliphatic rings. The summed E-state index contributed by atoms with van der Waals surface area (Å²) in [6.07, 6.45) is 5.50. The summed E-state index contributed by atoms with van der Waals surface area (Å²) >= 11 is 0. The summed E-state index contributed by atoms with van der Waals surface area (Å²) in [5.41, 5.74) is 0.0468. The Balaban J connectivity index is 2.27. The van der Waals surface area contributed by atoms with Crippen LogP contribution in [0.4, 0.5) is 0 Å². The van der Waals surface area contributed by atoms with Crippen molar-refractivity contribution < 1.29 is 9.90 Å². The Morgan fingerprint density at radius 2 is 2.17 bits per heavy atom. The number of hydrogen-bond donors (Lipinski definition) is 1. The fourth-order valence-electron chi connectivity index (χ4n) is 1.90. The predicted molar refractivity (Wildman–Crippen MR) is 45.5 cm³/mol. The van der Waals surface area contributed by atoms with E-state index in [0.29, 0.717) is 0 Å². The molecule has 0 bridgehead atoms. The zero-order valence-electron chi connectivity index (χ0n) is 7.24. The molecule has 12 heavy (non-hydrogen) atoms. The maximum atomic E-state index is 11.3. The third kappa shape index (κ3) is 0.879. The molecule has 2 aliphatic carbocycles. The van der Waals surface area contributed by atoms with Crippen molar-refractivity contribution in [2.24, 2.45) is 11.8 Å². The molecule has 0 saturated carbocycles. The number of carbonyl (C=O) groups excluding carboxylic acids is 1. The average molecular weight is 164 g/mol. The molecule has 64 valence electrons. The van der Waals surface area contributed by atoms with Crippen LogP contribution in [0.3, 0.4) is 0 Å². The topological polar surface area (TPSA) is 37.3 Å². The molecule has 0 radical (unpaired) electrons. The zero-order valence-corrected chi connectivity index (χ0v) is 7.24. The third-order valence-corrected chi connectivity index (χ3v) is 2.59. The van der Waals surface area contributed by atoms with E-state index in [2.05, 4.69) is 0 Å². The molecule has 2 unspecified atom stereocenters. The number of aliphatic hydroxyl groups is 1. The maximum Gasteiger partial charge on any atom is 0.163 e. The van der Waals surface area contributed by atoms with Gasteiger partial charge < -0.3 is 5.11 Å². The summed E-state index contributed by atoms with van der Waals surface area (Å²) < 4.78 is 0. The molecule has 0 fully saturated rings. The van der Waals surface area contributed by atoms with Crippen LogP contribution in [-0.2, 0) is 4.79 Å². The third-order valence-electron chi connectivity index (χ3n) is 2.59. The Morgan fingerprint density at radius 1 is 1.50 bits per heavy atom. The largest absolute Gasteiger partial charge is 0.386 e. The van der Waals surface area contributed by atoms with Crippen molar-refractivity contribution in [3.8, 4) is 0 Å². The molecule has 2 heteroatoms. The van der Waals surface area contributed by atoms with E-state index < -0.39 is 5.60 Å². The standard InChI is InChI=1S/C10H12O2/c1-10(2,12)7-5-6-3-4-8(11)9(6)7/h3-6,9,12H,1-2H3. The van der Waals surface area contributed by atoms with Crippen molar-refractivity contribution >= 4 is 5.78 Å². The van der Waals surface area contributed by atoms with Crippen LogP contribution in [0.5, 0.6) is 0 Å². The van der Waals surface area contributed by atoms with Gasteiger partial charge in [0.1, 0.15) is 0 Å². The highest BCUT2D eigenvalue weighted by Gasteiger charge is 2.44. The molecule has 1 N–H and O–H groups in total. The SMILES string of the molecule is CC(C)(O)C1=CC2C=CC(=O)C12. The molecule has 2 nitrogen and oxygen atoms in total. The van der Waals surface area contributed by atoms with E-state index in [-0.39, 0.29) is 17.6 Å². The first kappa shape index (κ1) is 7.74. The molecule has 0 aliphatic heterocycles. The van der Waals surface area contributed by atoms with Gasteiger partial charge in [-0.3, -0.25) is 4.79 Å². The van der Waals surface area contributed by atoms with Gasteiger partial charge in [-0.05, 0) is 25.5 Å². The molecule has 2 atom stereocenters. The molecule has 0 spiro atoms. The highest BCUT2D eigenvalue weighted by atomic mass is 16.3.